The quantitative estimate of drug-likeness (QED) is 0.562. The van der Waals surface area contributed by atoms with E-state index in [0.29, 0.717) is 61.9 Å². The first-order valence-electron chi connectivity index (χ1n) is 11.4. The lowest BCUT2D eigenvalue weighted by Crippen LogP contribution is -2.40. The van der Waals surface area contributed by atoms with Crippen molar-refractivity contribution in [3.63, 3.8) is 0 Å². The number of sulfonamides is 1. The number of anilines is 2. The zero-order valence-corrected chi connectivity index (χ0v) is 20.7. The van der Waals surface area contributed by atoms with Gasteiger partial charge in [0.15, 0.2) is 0 Å². The first-order chi connectivity index (χ1) is 16.3. The van der Waals surface area contributed by atoms with E-state index in [9.17, 15) is 18.0 Å². The van der Waals surface area contributed by atoms with Gasteiger partial charge in [0, 0.05) is 37.6 Å². The third kappa shape index (κ3) is 5.94. The fraction of sp³-hybridized carbons (Fsp3) is 0.417. The molecule has 1 heterocycles. The summed E-state index contributed by atoms with van der Waals surface area (Å²) >= 11 is 0. The number of hydrogen-bond acceptors (Lipinski definition) is 6. The van der Waals surface area contributed by atoms with Crippen molar-refractivity contribution < 1.29 is 22.7 Å². The predicted molar refractivity (Wildman–Crippen MR) is 132 cm³/mol. The number of benzene rings is 2. The molecule has 184 valence electrons. The lowest BCUT2D eigenvalue weighted by atomic mass is 10.1. The number of amides is 2. The minimum absolute atomic E-state index is 0.0814. The summed E-state index contributed by atoms with van der Waals surface area (Å²) in [6.45, 7) is 7.98. The highest BCUT2D eigenvalue weighted by Gasteiger charge is 2.28. The molecule has 9 nitrogen and oxygen atoms in total. The standard InChI is InChI=1S/C24H32N4O5S/c1-4-27(5-2)24(30)20-8-6-7-9-21(20)25-17-23(29)26-19-11-10-18(3)22(16-19)34(31,32)28-12-14-33-15-13-28/h6-11,16,25H,4-5,12-15,17H2,1-3H3,(H,26,29). The highest BCUT2D eigenvalue weighted by atomic mass is 32.2. The molecule has 2 amide bonds. The smallest absolute Gasteiger partial charge is 0.255 e. The molecule has 1 aliphatic rings. The van der Waals surface area contributed by atoms with Gasteiger partial charge in [0.05, 0.1) is 30.2 Å². The summed E-state index contributed by atoms with van der Waals surface area (Å²) in [6.07, 6.45) is 0. The number of morpholine rings is 1. The molecule has 0 atom stereocenters. The summed E-state index contributed by atoms with van der Waals surface area (Å²) in [4.78, 5) is 27.3. The van der Waals surface area contributed by atoms with E-state index in [0.717, 1.165) is 0 Å². The summed E-state index contributed by atoms with van der Waals surface area (Å²) in [5, 5.41) is 5.77. The number of nitrogens with zero attached hydrogens (tertiary/aromatic N) is 2. The molecule has 3 rings (SSSR count). The number of rotatable bonds is 9. The first-order valence-corrected chi connectivity index (χ1v) is 12.8. The van der Waals surface area contributed by atoms with Gasteiger partial charge in [0.1, 0.15) is 0 Å². The zero-order valence-electron chi connectivity index (χ0n) is 19.8. The van der Waals surface area contributed by atoms with E-state index in [-0.39, 0.29) is 23.3 Å². The Morgan fingerprint density at radius 2 is 1.74 bits per heavy atom. The Kier molecular flexibility index (Phi) is 8.65. The number of nitrogens with one attached hydrogen (secondary N) is 2. The van der Waals surface area contributed by atoms with Crippen molar-refractivity contribution in [2.45, 2.75) is 25.7 Å². The number of para-hydroxylation sites is 1. The topological polar surface area (TPSA) is 108 Å². The lowest BCUT2D eigenvalue weighted by molar-refractivity contribution is -0.114. The molecule has 0 aromatic heterocycles. The Bertz CT molecular complexity index is 1130. The van der Waals surface area contributed by atoms with Crippen molar-refractivity contribution in [2.75, 3.05) is 56.6 Å². The molecule has 0 aliphatic carbocycles. The normalized spacial score (nSPS) is 14.4. The van der Waals surface area contributed by atoms with Crippen molar-refractivity contribution in [1.82, 2.24) is 9.21 Å². The van der Waals surface area contributed by atoms with Gasteiger partial charge in [-0.15, -0.1) is 0 Å². The Labute approximate surface area is 201 Å². The molecule has 1 aliphatic heterocycles. The highest BCUT2D eigenvalue weighted by molar-refractivity contribution is 7.89. The number of carbonyl (C=O) groups is 2. The fourth-order valence-electron chi connectivity index (χ4n) is 3.77. The molecular formula is C24H32N4O5S. The van der Waals surface area contributed by atoms with Crippen LogP contribution in [0.4, 0.5) is 11.4 Å². The average molecular weight is 489 g/mol. The molecule has 2 N–H and O–H groups in total. The molecule has 0 radical (unpaired) electrons. The fourth-order valence-corrected chi connectivity index (χ4v) is 5.43. The largest absolute Gasteiger partial charge is 0.379 e. The SMILES string of the molecule is CCN(CC)C(=O)c1ccccc1NCC(=O)Nc1ccc(C)c(S(=O)(=O)N2CCOCC2)c1. The molecule has 0 saturated carbocycles. The van der Waals surface area contributed by atoms with Crippen molar-refractivity contribution in [2.24, 2.45) is 0 Å². The average Bonchev–Trinajstić information content (AvgIpc) is 2.85. The van der Waals surface area contributed by atoms with Gasteiger partial charge in [-0.3, -0.25) is 9.59 Å². The van der Waals surface area contributed by atoms with Crippen molar-refractivity contribution in [3.8, 4) is 0 Å². The van der Waals surface area contributed by atoms with Gasteiger partial charge in [0.2, 0.25) is 15.9 Å². The van der Waals surface area contributed by atoms with Gasteiger partial charge < -0.3 is 20.3 Å². The van der Waals surface area contributed by atoms with E-state index in [1.165, 1.54) is 10.4 Å². The molecule has 2 aromatic rings. The third-order valence-corrected chi connectivity index (χ3v) is 7.75. The summed E-state index contributed by atoms with van der Waals surface area (Å²) in [5.74, 6) is -0.464. The van der Waals surface area contributed by atoms with Crippen LogP contribution in [-0.4, -0.2) is 75.4 Å². The van der Waals surface area contributed by atoms with Gasteiger partial charge in [-0.05, 0) is 50.6 Å². The van der Waals surface area contributed by atoms with Crippen LogP contribution in [0.2, 0.25) is 0 Å². The van der Waals surface area contributed by atoms with Crippen LogP contribution in [0.15, 0.2) is 47.4 Å². The molecule has 34 heavy (non-hydrogen) atoms. The van der Waals surface area contributed by atoms with Crippen molar-refractivity contribution in [3.05, 3.63) is 53.6 Å². The van der Waals surface area contributed by atoms with Gasteiger partial charge in [-0.25, -0.2) is 8.42 Å². The molecule has 0 unspecified atom stereocenters. The van der Waals surface area contributed by atoms with Crippen LogP contribution in [-0.2, 0) is 19.6 Å². The summed E-state index contributed by atoms with van der Waals surface area (Å²) in [5.41, 5.74) is 2.05. The second kappa shape index (κ2) is 11.5. The minimum Gasteiger partial charge on any atom is -0.379 e. The third-order valence-electron chi connectivity index (χ3n) is 5.71. The predicted octanol–water partition coefficient (Wildman–Crippen LogP) is 2.55. The van der Waals surface area contributed by atoms with Crippen LogP contribution in [0, 0.1) is 6.92 Å². The zero-order chi connectivity index (χ0) is 24.7. The second-order valence-corrected chi connectivity index (χ2v) is 9.83. The maximum atomic E-state index is 13.1. The molecule has 1 fully saturated rings. The van der Waals surface area contributed by atoms with Crippen molar-refractivity contribution in [1.29, 1.82) is 0 Å². The van der Waals surface area contributed by atoms with E-state index < -0.39 is 10.0 Å². The highest BCUT2D eigenvalue weighted by Crippen LogP contribution is 2.24. The summed E-state index contributed by atoms with van der Waals surface area (Å²) < 4.78 is 32.8. The van der Waals surface area contributed by atoms with Gasteiger partial charge in [-0.2, -0.15) is 4.31 Å². The number of ether oxygens (including phenoxy) is 1. The van der Waals surface area contributed by atoms with Crippen LogP contribution in [0.5, 0.6) is 0 Å². The maximum absolute atomic E-state index is 13.1. The Hall–Kier alpha value is -2.95. The van der Waals surface area contributed by atoms with Gasteiger partial charge in [0.25, 0.3) is 5.91 Å². The van der Waals surface area contributed by atoms with E-state index in [1.54, 1.807) is 48.2 Å². The van der Waals surface area contributed by atoms with Crippen LogP contribution >= 0.6 is 0 Å². The monoisotopic (exact) mass is 488 g/mol. The van der Waals surface area contributed by atoms with Crippen LogP contribution < -0.4 is 10.6 Å². The van der Waals surface area contributed by atoms with Crippen LogP contribution in [0.25, 0.3) is 0 Å². The van der Waals surface area contributed by atoms with Crippen molar-refractivity contribution >= 4 is 33.2 Å². The van der Waals surface area contributed by atoms with Gasteiger partial charge in [-0.1, -0.05) is 18.2 Å². The molecule has 0 spiro atoms. The number of aryl methyl sites for hydroxylation is 1. The first kappa shape index (κ1) is 25.7. The molecule has 1 saturated heterocycles. The number of carbonyl (C=O) groups excluding carboxylic acids is 2. The lowest BCUT2D eigenvalue weighted by Gasteiger charge is -2.26. The number of hydrogen-bond donors (Lipinski definition) is 2. The maximum Gasteiger partial charge on any atom is 0.255 e. The van der Waals surface area contributed by atoms with Gasteiger partial charge >= 0.3 is 0 Å². The Balaban J connectivity index is 1.70. The molecule has 2 aromatic carbocycles. The molecule has 10 heteroatoms. The minimum atomic E-state index is -3.69. The van der Waals surface area contributed by atoms with Crippen LogP contribution in [0.3, 0.4) is 0 Å². The second-order valence-electron chi connectivity index (χ2n) is 7.92. The summed E-state index contributed by atoms with van der Waals surface area (Å²) in [7, 11) is -3.69. The van der Waals surface area contributed by atoms with E-state index in [2.05, 4.69) is 10.6 Å². The Morgan fingerprint density at radius 1 is 1.06 bits per heavy atom. The summed E-state index contributed by atoms with van der Waals surface area (Å²) in [6, 6.07) is 11.9. The molecule has 0 bridgehead atoms. The van der Waals surface area contributed by atoms with E-state index >= 15 is 0 Å². The molecular weight excluding hydrogens is 456 g/mol. The Morgan fingerprint density at radius 3 is 2.41 bits per heavy atom. The van der Waals surface area contributed by atoms with E-state index in [1.807, 2.05) is 13.8 Å². The van der Waals surface area contributed by atoms with Crippen LogP contribution in [0.1, 0.15) is 29.8 Å². The van der Waals surface area contributed by atoms with E-state index in [4.69, 9.17) is 4.74 Å².